The van der Waals surface area contributed by atoms with Gasteiger partial charge in [0.25, 0.3) is 0 Å². The summed E-state index contributed by atoms with van der Waals surface area (Å²) in [6.45, 7) is 4.19. The second kappa shape index (κ2) is 6.04. The molecule has 4 heteroatoms. The van der Waals surface area contributed by atoms with Crippen molar-refractivity contribution in [2.45, 2.75) is 31.9 Å². The molecule has 0 amide bonds. The first kappa shape index (κ1) is 13.8. The van der Waals surface area contributed by atoms with Gasteiger partial charge in [0.2, 0.25) is 0 Å². The van der Waals surface area contributed by atoms with Gasteiger partial charge in [-0.1, -0.05) is 15.9 Å². The van der Waals surface area contributed by atoms with E-state index < -0.39 is 0 Å². The minimum atomic E-state index is 0.236. The number of aromatic hydroxyl groups is 1. The van der Waals surface area contributed by atoms with Crippen LogP contribution >= 0.6 is 15.9 Å². The quantitative estimate of drug-likeness (QED) is 0.929. The molecular formula is C14H20BrNO2. The molecule has 1 fully saturated rings. The van der Waals surface area contributed by atoms with E-state index in [1.165, 1.54) is 0 Å². The molecule has 1 aliphatic rings. The van der Waals surface area contributed by atoms with E-state index in [4.69, 9.17) is 4.74 Å². The largest absolute Gasteiger partial charge is 0.508 e. The third-order valence-electron chi connectivity index (χ3n) is 3.80. The maximum atomic E-state index is 9.96. The molecule has 18 heavy (non-hydrogen) atoms. The van der Waals surface area contributed by atoms with Gasteiger partial charge in [0.1, 0.15) is 5.75 Å². The molecule has 0 bridgehead atoms. The Labute approximate surface area is 117 Å². The van der Waals surface area contributed by atoms with Gasteiger partial charge in [-0.2, -0.15) is 0 Å². The average molecular weight is 314 g/mol. The first-order valence-corrected chi connectivity index (χ1v) is 7.16. The van der Waals surface area contributed by atoms with Crippen molar-refractivity contribution in [1.29, 1.82) is 0 Å². The monoisotopic (exact) mass is 313 g/mol. The number of hydrogen-bond donors (Lipinski definition) is 1. The Kier molecular flexibility index (Phi) is 4.65. The van der Waals surface area contributed by atoms with E-state index >= 15 is 0 Å². The van der Waals surface area contributed by atoms with Crippen LogP contribution in [-0.4, -0.2) is 36.3 Å². The SMILES string of the molecule is COC1CCN(C(C)c2cc(Br)ccc2O)CC1. The lowest BCUT2D eigenvalue weighted by atomic mass is 10.0. The lowest BCUT2D eigenvalue weighted by Crippen LogP contribution is -2.38. The van der Waals surface area contributed by atoms with Gasteiger partial charge in [-0.3, -0.25) is 4.90 Å². The highest BCUT2D eigenvalue weighted by Crippen LogP contribution is 2.32. The number of likely N-dealkylation sites (tertiary alicyclic amines) is 1. The summed E-state index contributed by atoms with van der Waals surface area (Å²) in [6.07, 6.45) is 2.52. The van der Waals surface area contributed by atoms with E-state index in [2.05, 4.69) is 27.8 Å². The molecule has 1 heterocycles. The van der Waals surface area contributed by atoms with Crippen molar-refractivity contribution in [3.8, 4) is 5.75 Å². The number of piperidine rings is 1. The molecule has 1 aromatic rings. The van der Waals surface area contributed by atoms with Crippen molar-refractivity contribution in [1.82, 2.24) is 4.90 Å². The van der Waals surface area contributed by atoms with Gasteiger partial charge in [-0.25, -0.2) is 0 Å². The predicted molar refractivity (Wildman–Crippen MR) is 75.8 cm³/mol. The summed E-state index contributed by atoms with van der Waals surface area (Å²) in [5.74, 6) is 0.375. The second-order valence-electron chi connectivity index (χ2n) is 4.85. The number of halogens is 1. The number of phenols is 1. The minimum Gasteiger partial charge on any atom is -0.508 e. The van der Waals surface area contributed by atoms with E-state index in [1.54, 1.807) is 13.2 Å². The Morgan fingerprint density at radius 2 is 2.06 bits per heavy atom. The fourth-order valence-electron chi connectivity index (χ4n) is 2.56. The highest BCUT2D eigenvalue weighted by molar-refractivity contribution is 9.10. The molecule has 0 saturated carbocycles. The Balaban J connectivity index is 2.07. The summed E-state index contributed by atoms with van der Waals surface area (Å²) in [7, 11) is 1.78. The Morgan fingerprint density at radius 3 is 2.67 bits per heavy atom. The smallest absolute Gasteiger partial charge is 0.120 e. The molecule has 3 nitrogen and oxygen atoms in total. The van der Waals surface area contributed by atoms with Gasteiger partial charge in [0, 0.05) is 36.3 Å². The summed E-state index contributed by atoms with van der Waals surface area (Å²) >= 11 is 3.46. The van der Waals surface area contributed by atoms with Crippen molar-refractivity contribution >= 4 is 15.9 Å². The van der Waals surface area contributed by atoms with E-state index in [0.29, 0.717) is 11.9 Å². The fraction of sp³-hybridized carbons (Fsp3) is 0.571. The van der Waals surface area contributed by atoms with Crippen molar-refractivity contribution < 1.29 is 9.84 Å². The molecule has 1 unspecified atom stereocenters. The van der Waals surface area contributed by atoms with Crippen molar-refractivity contribution in [2.24, 2.45) is 0 Å². The van der Waals surface area contributed by atoms with Crippen LogP contribution < -0.4 is 0 Å². The molecule has 1 aliphatic heterocycles. The fourth-order valence-corrected chi connectivity index (χ4v) is 2.93. The van der Waals surface area contributed by atoms with Crippen molar-refractivity contribution in [3.63, 3.8) is 0 Å². The summed E-state index contributed by atoms with van der Waals surface area (Å²) < 4.78 is 6.39. The third kappa shape index (κ3) is 3.05. The van der Waals surface area contributed by atoms with Gasteiger partial charge >= 0.3 is 0 Å². The number of ether oxygens (including phenoxy) is 1. The Morgan fingerprint density at radius 1 is 1.39 bits per heavy atom. The number of rotatable bonds is 3. The standard InChI is InChI=1S/C14H20BrNO2/c1-10(13-9-11(15)3-4-14(13)17)16-7-5-12(18-2)6-8-16/h3-4,9-10,12,17H,5-8H2,1-2H3. The van der Waals surface area contributed by atoms with Crippen LogP contribution in [0.2, 0.25) is 0 Å². The molecular weight excluding hydrogens is 294 g/mol. The number of methoxy groups -OCH3 is 1. The van der Waals surface area contributed by atoms with Crippen LogP contribution in [0.1, 0.15) is 31.4 Å². The Hall–Kier alpha value is -0.580. The molecule has 1 aromatic carbocycles. The average Bonchev–Trinajstić information content (AvgIpc) is 2.41. The molecule has 1 atom stereocenters. The third-order valence-corrected chi connectivity index (χ3v) is 4.29. The van der Waals surface area contributed by atoms with Crippen LogP contribution in [0.15, 0.2) is 22.7 Å². The molecule has 1 N–H and O–H groups in total. The van der Waals surface area contributed by atoms with Gasteiger partial charge in [0.15, 0.2) is 0 Å². The zero-order valence-electron chi connectivity index (χ0n) is 10.9. The lowest BCUT2D eigenvalue weighted by Gasteiger charge is -2.35. The van der Waals surface area contributed by atoms with E-state index in [9.17, 15) is 5.11 Å². The first-order valence-electron chi connectivity index (χ1n) is 6.37. The highest BCUT2D eigenvalue weighted by atomic mass is 79.9. The lowest BCUT2D eigenvalue weighted by molar-refractivity contribution is 0.0292. The Bertz CT molecular complexity index is 403. The van der Waals surface area contributed by atoms with Gasteiger partial charge in [0.05, 0.1) is 6.10 Å². The molecule has 0 aliphatic carbocycles. The zero-order valence-corrected chi connectivity index (χ0v) is 12.5. The second-order valence-corrected chi connectivity index (χ2v) is 5.77. The molecule has 100 valence electrons. The minimum absolute atomic E-state index is 0.236. The topological polar surface area (TPSA) is 32.7 Å². The molecule has 0 spiro atoms. The molecule has 1 saturated heterocycles. The van der Waals surface area contributed by atoms with Gasteiger partial charge < -0.3 is 9.84 Å². The molecule has 0 radical (unpaired) electrons. The first-order chi connectivity index (χ1) is 8.61. The molecule has 0 aromatic heterocycles. The summed E-state index contributed by atoms with van der Waals surface area (Å²) in [6, 6.07) is 5.85. The van der Waals surface area contributed by atoms with Crippen LogP contribution in [-0.2, 0) is 4.74 Å². The van der Waals surface area contributed by atoms with E-state index in [1.807, 2.05) is 12.1 Å². The number of phenolic OH excluding ortho intramolecular Hbond substituents is 1. The van der Waals surface area contributed by atoms with Crippen LogP contribution in [0.4, 0.5) is 0 Å². The van der Waals surface area contributed by atoms with Crippen LogP contribution in [0.25, 0.3) is 0 Å². The number of benzene rings is 1. The molecule has 2 rings (SSSR count). The number of nitrogens with zero attached hydrogens (tertiary/aromatic N) is 1. The highest BCUT2D eigenvalue weighted by Gasteiger charge is 2.24. The maximum absolute atomic E-state index is 9.96. The van der Waals surface area contributed by atoms with Crippen LogP contribution in [0.3, 0.4) is 0 Å². The summed E-state index contributed by atoms with van der Waals surface area (Å²) in [5, 5.41) is 9.96. The number of hydrogen-bond acceptors (Lipinski definition) is 3. The summed E-state index contributed by atoms with van der Waals surface area (Å²) in [5.41, 5.74) is 0.986. The maximum Gasteiger partial charge on any atom is 0.120 e. The summed E-state index contributed by atoms with van der Waals surface area (Å²) in [4.78, 5) is 2.40. The van der Waals surface area contributed by atoms with Crippen LogP contribution in [0.5, 0.6) is 5.75 Å². The van der Waals surface area contributed by atoms with E-state index in [-0.39, 0.29) is 6.04 Å². The van der Waals surface area contributed by atoms with Gasteiger partial charge in [-0.05, 0) is 38.0 Å². The normalized spacial score (nSPS) is 19.9. The van der Waals surface area contributed by atoms with E-state index in [0.717, 1.165) is 36.0 Å². The van der Waals surface area contributed by atoms with Gasteiger partial charge in [-0.15, -0.1) is 0 Å². The zero-order chi connectivity index (χ0) is 13.1. The van der Waals surface area contributed by atoms with Crippen LogP contribution in [0, 0.1) is 0 Å². The predicted octanol–water partition coefficient (Wildman–Crippen LogP) is 3.33. The van der Waals surface area contributed by atoms with Crippen molar-refractivity contribution in [3.05, 3.63) is 28.2 Å². The van der Waals surface area contributed by atoms with Crippen molar-refractivity contribution in [2.75, 3.05) is 20.2 Å².